The summed E-state index contributed by atoms with van der Waals surface area (Å²) in [4.78, 5) is 0. The van der Waals surface area contributed by atoms with Crippen molar-refractivity contribution in [3.8, 4) is 0 Å². The van der Waals surface area contributed by atoms with Crippen molar-refractivity contribution in [3.63, 3.8) is 0 Å². The third-order valence-electron chi connectivity index (χ3n) is 1.09. The fourth-order valence-electron chi connectivity index (χ4n) is 0.531. The van der Waals surface area contributed by atoms with E-state index in [0.717, 1.165) is 6.61 Å². The van der Waals surface area contributed by atoms with Crippen molar-refractivity contribution in [1.82, 2.24) is 0 Å². The second-order valence-electron chi connectivity index (χ2n) is 1.84. The average molecular weight is 137 g/mol. The van der Waals surface area contributed by atoms with Crippen LogP contribution in [0.2, 0.25) is 0 Å². The molecule has 0 saturated carbocycles. The van der Waals surface area contributed by atoms with E-state index in [1.54, 1.807) is 7.11 Å². The molecule has 0 radical (unpaired) electrons. The third-order valence-corrected chi connectivity index (χ3v) is 1.50. The normalized spacial score (nSPS) is 30.0. The summed E-state index contributed by atoms with van der Waals surface area (Å²) in [5.41, 5.74) is 0. The molecule has 2 unspecified atom stereocenters. The van der Waals surface area contributed by atoms with Gasteiger partial charge in [-0.1, -0.05) is 0 Å². The molecule has 1 fully saturated rings. The SMILES string of the molecule is COCC(Cl)C1CO1. The van der Waals surface area contributed by atoms with Gasteiger partial charge in [-0.25, -0.2) is 0 Å². The van der Waals surface area contributed by atoms with Crippen molar-refractivity contribution in [2.24, 2.45) is 0 Å². The van der Waals surface area contributed by atoms with Crippen molar-refractivity contribution < 1.29 is 9.47 Å². The first-order chi connectivity index (χ1) is 3.84. The van der Waals surface area contributed by atoms with Gasteiger partial charge in [-0.3, -0.25) is 0 Å². The highest BCUT2D eigenvalue weighted by Crippen LogP contribution is 2.18. The summed E-state index contributed by atoms with van der Waals surface area (Å²) < 4.78 is 9.70. The monoisotopic (exact) mass is 136 g/mol. The van der Waals surface area contributed by atoms with Gasteiger partial charge in [0.05, 0.1) is 24.7 Å². The van der Waals surface area contributed by atoms with Crippen LogP contribution in [-0.2, 0) is 9.47 Å². The van der Waals surface area contributed by atoms with Gasteiger partial charge in [-0.05, 0) is 0 Å². The number of hydrogen-bond donors (Lipinski definition) is 0. The zero-order chi connectivity index (χ0) is 5.98. The summed E-state index contributed by atoms with van der Waals surface area (Å²) in [5.74, 6) is 0. The Morgan fingerprint density at radius 1 is 2.00 bits per heavy atom. The zero-order valence-corrected chi connectivity index (χ0v) is 5.52. The van der Waals surface area contributed by atoms with Crippen molar-refractivity contribution in [2.45, 2.75) is 11.5 Å². The number of halogens is 1. The first-order valence-corrected chi connectivity index (χ1v) is 3.03. The number of epoxide rings is 1. The van der Waals surface area contributed by atoms with E-state index in [9.17, 15) is 0 Å². The summed E-state index contributed by atoms with van der Waals surface area (Å²) in [6.07, 6.45) is 0.261. The lowest BCUT2D eigenvalue weighted by Gasteiger charge is -2.00. The lowest BCUT2D eigenvalue weighted by atomic mass is 10.3. The van der Waals surface area contributed by atoms with Gasteiger partial charge in [0.2, 0.25) is 0 Å². The summed E-state index contributed by atoms with van der Waals surface area (Å²) >= 11 is 5.73. The van der Waals surface area contributed by atoms with Crippen LogP contribution < -0.4 is 0 Å². The molecular weight excluding hydrogens is 128 g/mol. The highest BCUT2D eigenvalue weighted by Gasteiger charge is 2.30. The van der Waals surface area contributed by atoms with E-state index in [1.165, 1.54) is 0 Å². The first kappa shape index (κ1) is 6.33. The second-order valence-corrected chi connectivity index (χ2v) is 2.40. The Morgan fingerprint density at radius 3 is 3.00 bits per heavy atom. The quantitative estimate of drug-likeness (QED) is 0.420. The molecule has 1 aliphatic heterocycles. The summed E-state index contributed by atoms with van der Waals surface area (Å²) in [6.45, 7) is 1.39. The molecule has 0 spiro atoms. The van der Waals surface area contributed by atoms with Crippen LogP contribution in [0.15, 0.2) is 0 Å². The van der Waals surface area contributed by atoms with Crippen molar-refractivity contribution in [1.29, 1.82) is 0 Å². The topological polar surface area (TPSA) is 21.8 Å². The molecule has 0 aromatic carbocycles. The Balaban J connectivity index is 2.03. The second kappa shape index (κ2) is 2.67. The molecule has 1 heterocycles. The van der Waals surface area contributed by atoms with E-state index in [-0.39, 0.29) is 11.5 Å². The number of hydrogen-bond acceptors (Lipinski definition) is 2. The van der Waals surface area contributed by atoms with E-state index in [4.69, 9.17) is 21.1 Å². The molecule has 0 aromatic rings. The maximum Gasteiger partial charge on any atom is 0.0995 e. The van der Waals surface area contributed by atoms with Crippen LogP contribution in [-0.4, -0.2) is 31.8 Å². The molecular formula is C5H9ClO2. The van der Waals surface area contributed by atoms with Gasteiger partial charge in [-0.2, -0.15) is 0 Å². The standard InChI is InChI=1S/C5H9ClO2/c1-7-2-4(6)5-3-8-5/h4-5H,2-3H2,1H3. The van der Waals surface area contributed by atoms with E-state index in [1.807, 2.05) is 0 Å². The van der Waals surface area contributed by atoms with Crippen LogP contribution >= 0.6 is 11.6 Å². The Labute approximate surface area is 53.7 Å². The molecule has 48 valence electrons. The Morgan fingerprint density at radius 2 is 2.62 bits per heavy atom. The fraction of sp³-hybridized carbons (Fsp3) is 1.00. The minimum Gasteiger partial charge on any atom is -0.383 e. The Kier molecular flexibility index (Phi) is 2.11. The maximum atomic E-state index is 5.73. The molecule has 0 N–H and O–H groups in total. The van der Waals surface area contributed by atoms with Crippen molar-refractivity contribution >= 4 is 11.6 Å². The largest absolute Gasteiger partial charge is 0.383 e. The van der Waals surface area contributed by atoms with Gasteiger partial charge in [0, 0.05) is 7.11 Å². The molecule has 2 nitrogen and oxygen atoms in total. The van der Waals surface area contributed by atoms with Crippen LogP contribution in [0.1, 0.15) is 0 Å². The lowest BCUT2D eigenvalue weighted by molar-refractivity contribution is 0.187. The van der Waals surface area contributed by atoms with E-state index in [2.05, 4.69) is 0 Å². The molecule has 0 aliphatic carbocycles. The molecule has 1 rings (SSSR count). The molecule has 0 aromatic heterocycles. The van der Waals surface area contributed by atoms with Crippen LogP contribution in [0, 0.1) is 0 Å². The van der Waals surface area contributed by atoms with Gasteiger partial charge >= 0.3 is 0 Å². The average Bonchev–Trinajstić information content (AvgIpc) is 2.45. The van der Waals surface area contributed by atoms with E-state index >= 15 is 0 Å². The minimum absolute atomic E-state index is 0.0556. The van der Waals surface area contributed by atoms with Crippen molar-refractivity contribution in [3.05, 3.63) is 0 Å². The number of ether oxygens (including phenoxy) is 2. The minimum atomic E-state index is 0.0556. The Hall–Kier alpha value is 0.210. The fourth-order valence-corrected chi connectivity index (χ4v) is 0.802. The molecule has 2 atom stereocenters. The molecule has 3 heteroatoms. The van der Waals surface area contributed by atoms with Crippen LogP contribution in [0.3, 0.4) is 0 Å². The molecule has 8 heavy (non-hydrogen) atoms. The summed E-state index contributed by atoms with van der Waals surface area (Å²) in [5, 5.41) is 0.0556. The first-order valence-electron chi connectivity index (χ1n) is 2.59. The van der Waals surface area contributed by atoms with Gasteiger partial charge < -0.3 is 9.47 Å². The molecule has 0 amide bonds. The van der Waals surface area contributed by atoms with Crippen LogP contribution in [0.5, 0.6) is 0 Å². The highest BCUT2D eigenvalue weighted by molar-refractivity contribution is 6.21. The molecule has 1 saturated heterocycles. The highest BCUT2D eigenvalue weighted by atomic mass is 35.5. The van der Waals surface area contributed by atoms with Crippen LogP contribution in [0.4, 0.5) is 0 Å². The van der Waals surface area contributed by atoms with Gasteiger partial charge in [0.1, 0.15) is 0 Å². The van der Waals surface area contributed by atoms with E-state index < -0.39 is 0 Å². The summed E-state index contributed by atoms with van der Waals surface area (Å²) in [6, 6.07) is 0. The smallest absolute Gasteiger partial charge is 0.0995 e. The number of rotatable bonds is 3. The summed E-state index contributed by atoms with van der Waals surface area (Å²) in [7, 11) is 1.64. The third kappa shape index (κ3) is 1.62. The van der Waals surface area contributed by atoms with Crippen LogP contribution in [0.25, 0.3) is 0 Å². The number of alkyl halides is 1. The van der Waals surface area contributed by atoms with Gasteiger partial charge in [0.25, 0.3) is 0 Å². The van der Waals surface area contributed by atoms with Crippen molar-refractivity contribution in [2.75, 3.05) is 20.3 Å². The van der Waals surface area contributed by atoms with E-state index in [0.29, 0.717) is 6.61 Å². The molecule has 0 bridgehead atoms. The van der Waals surface area contributed by atoms with Gasteiger partial charge in [0.15, 0.2) is 0 Å². The Bertz CT molecular complexity index is 72.8. The number of methoxy groups -OCH3 is 1. The lowest BCUT2D eigenvalue weighted by Crippen LogP contribution is -2.13. The maximum absolute atomic E-state index is 5.73. The van der Waals surface area contributed by atoms with Gasteiger partial charge in [-0.15, -0.1) is 11.6 Å². The predicted octanol–water partition coefficient (Wildman–Crippen LogP) is 0.639. The zero-order valence-electron chi connectivity index (χ0n) is 4.76. The molecule has 1 aliphatic rings. The predicted molar refractivity (Wildman–Crippen MR) is 31.3 cm³/mol.